The van der Waals surface area contributed by atoms with Crippen molar-refractivity contribution < 1.29 is 55.4 Å². The molecule has 2 N–H and O–H groups in total. The lowest BCUT2D eigenvalue weighted by molar-refractivity contribution is -0.155. The van der Waals surface area contributed by atoms with E-state index in [1.165, 1.54) is 34.9 Å². The van der Waals surface area contributed by atoms with E-state index >= 15 is 4.39 Å². The van der Waals surface area contributed by atoms with Gasteiger partial charge in [0, 0.05) is 80.4 Å². The number of hydrazine groups is 1. The fourth-order valence-corrected chi connectivity index (χ4v) is 10.6. The minimum atomic E-state index is -4.63. The number of amides is 4. The Labute approximate surface area is 434 Å². The van der Waals surface area contributed by atoms with E-state index in [0.717, 1.165) is 24.4 Å². The van der Waals surface area contributed by atoms with Gasteiger partial charge in [-0.25, -0.2) is 14.8 Å². The molecule has 75 heavy (non-hydrogen) atoms. The monoisotopic (exact) mass is 1050 g/mol. The Morgan fingerprint density at radius 2 is 1.81 bits per heavy atom. The number of benzene rings is 1. The lowest BCUT2D eigenvalue weighted by Gasteiger charge is -2.41. The lowest BCUT2D eigenvalue weighted by atomic mass is 9.84. The average Bonchev–Trinajstić information content (AvgIpc) is 4.07. The van der Waals surface area contributed by atoms with Gasteiger partial charge >= 0.3 is 12.1 Å². The average molecular weight is 1050 g/mol. The van der Waals surface area contributed by atoms with Crippen molar-refractivity contribution in [2.24, 2.45) is 11.3 Å². The minimum absolute atomic E-state index is 0.00314. The Hall–Kier alpha value is -6.37. The second-order valence-electron chi connectivity index (χ2n) is 21.9. The first-order valence-electron chi connectivity index (χ1n) is 25.5. The van der Waals surface area contributed by atoms with Gasteiger partial charge in [0.2, 0.25) is 11.6 Å². The number of carbonyl (C=O) groups is 5. The first kappa shape index (κ1) is 54.9. The summed E-state index contributed by atoms with van der Waals surface area (Å²) in [6.45, 7) is 12.4. The number of ether oxygens (including phenoxy) is 2. The smallest absolute Gasteiger partial charge is 0.406 e. The van der Waals surface area contributed by atoms with Gasteiger partial charge in [-0.05, 0) is 88.1 Å². The molecule has 4 aliphatic heterocycles. The van der Waals surface area contributed by atoms with Crippen LogP contribution in [0.5, 0.6) is 0 Å². The van der Waals surface area contributed by atoms with Crippen LogP contribution in [-0.4, -0.2) is 153 Å². The number of cyclic esters (lactones) is 1. The summed E-state index contributed by atoms with van der Waals surface area (Å²) in [5, 5.41) is 4.50. The molecular weight excluding hydrogens is 979 g/mol. The third-order valence-electron chi connectivity index (χ3n) is 14.8. The summed E-state index contributed by atoms with van der Waals surface area (Å²) in [7, 11) is 2.80. The number of rotatable bonds is 10. The third-order valence-corrected chi connectivity index (χ3v) is 14.8. The number of pyridine rings is 1. The maximum absolute atomic E-state index is 16.8. The first-order chi connectivity index (χ1) is 35.3. The topological polar surface area (TPSA) is 185 Å². The molecule has 21 heteroatoms. The number of esters is 1. The summed E-state index contributed by atoms with van der Waals surface area (Å²) in [6, 6.07) is 4.60. The highest BCUT2D eigenvalue weighted by atomic mass is 19.4. The van der Waals surface area contributed by atoms with Crippen molar-refractivity contribution in [2.75, 3.05) is 53.5 Å². The number of alkyl halides is 4. The summed E-state index contributed by atoms with van der Waals surface area (Å²) in [5.74, 6) is 1.31. The quantitative estimate of drug-likeness (QED) is 0.105. The van der Waals surface area contributed by atoms with E-state index < -0.39 is 95.6 Å². The summed E-state index contributed by atoms with van der Waals surface area (Å²) in [4.78, 5) is 84.1. The van der Waals surface area contributed by atoms with Crippen LogP contribution in [0, 0.1) is 23.2 Å². The van der Waals surface area contributed by atoms with E-state index in [2.05, 4.69) is 32.5 Å². The Kier molecular flexibility index (Phi) is 15.6. The van der Waals surface area contributed by atoms with Crippen molar-refractivity contribution in [2.45, 2.75) is 135 Å². The fraction of sp³-hybridized carbons (Fsp3) is 0.574. The van der Waals surface area contributed by atoms with E-state index in [-0.39, 0.29) is 61.8 Å². The molecular formula is C54H67F4N9O8. The lowest BCUT2D eigenvalue weighted by Crippen LogP contribution is -2.62. The van der Waals surface area contributed by atoms with Crippen molar-refractivity contribution in [3.63, 3.8) is 0 Å². The zero-order valence-electron chi connectivity index (χ0n) is 44.0. The number of halogens is 4. The van der Waals surface area contributed by atoms with E-state index in [9.17, 15) is 37.1 Å². The zero-order chi connectivity index (χ0) is 54.4. The van der Waals surface area contributed by atoms with E-state index in [0.29, 0.717) is 40.6 Å². The number of hydrogen-bond acceptors (Lipinski definition) is 12. The Bertz CT molecular complexity index is 2900. The largest absolute Gasteiger partial charge is 0.464 e. The van der Waals surface area contributed by atoms with Crippen molar-refractivity contribution in [3.8, 4) is 34.4 Å². The number of methoxy groups -OCH3 is 1. The number of likely N-dealkylation sites (tertiary alicyclic amines) is 2. The van der Waals surface area contributed by atoms with Gasteiger partial charge in [-0.2, -0.15) is 13.2 Å². The molecule has 1 unspecified atom stereocenters. The van der Waals surface area contributed by atoms with Crippen molar-refractivity contribution in [1.29, 1.82) is 0 Å². The second-order valence-corrected chi connectivity index (χ2v) is 21.9. The number of nitrogens with one attached hydrogen (secondary N) is 2. The van der Waals surface area contributed by atoms with E-state index in [1.807, 2.05) is 27.7 Å². The highest BCUT2D eigenvalue weighted by Crippen LogP contribution is 2.43. The molecule has 0 spiro atoms. The van der Waals surface area contributed by atoms with Crippen LogP contribution in [0.25, 0.3) is 33.4 Å². The van der Waals surface area contributed by atoms with Crippen molar-refractivity contribution in [3.05, 3.63) is 59.9 Å². The standard InChI is InChI=1S/C54H67F4N9O8/c1-32(2)45(63(8)50(72)53(55)19-24-64(29-53)43(68)17-18-52(6,7)65-21-12-22-65)47(69)61-39-26-42-60-40(28-74-42)34-15-16-41-36(25-34)37(27-51(4,5)31-75-49(71)38-14-11-23-67(62-38)48(39)70)46(66(41)30-54(56,57)58)35-13-10-20-59-44(35)33(3)73-9/h10,13,15-16,20,25,28,32-33,38-39,45,62H,11-12,14,19,21-24,26-27,29-31H2,1-9H3,(H,61,69)/t33-,38-,39-,45?,53+/m0/s1. The second kappa shape index (κ2) is 21.3. The molecule has 4 aromatic rings. The van der Waals surface area contributed by atoms with Crippen LogP contribution in [0.3, 0.4) is 0 Å². The molecule has 1 aromatic carbocycles. The molecule has 3 saturated heterocycles. The van der Waals surface area contributed by atoms with E-state index in [4.69, 9.17) is 18.9 Å². The van der Waals surface area contributed by atoms with Crippen LogP contribution < -0.4 is 10.7 Å². The molecule has 6 bridgehead atoms. The van der Waals surface area contributed by atoms with Crippen molar-refractivity contribution >= 4 is 40.5 Å². The van der Waals surface area contributed by atoms with Gasteiger partial charge < -0.3 is 33.6 Å². The highest BCUT2D eigenvalue weighted by molar-refractivity contribution is 5.98. The number of oxazole rings is 1. The number of aromatic nitrogens is 3. The van der Waals surface area contributed by atoms with Crippen molar-refractivity contribution in [1.82, 2.24) is 45.0 Å². The van der Waals surface area contributed by atoms with Gasteiger partial charge in [0.25, 0.3) is 17.7 Å². The van der Waals surface area contributed by atoms with Gasteiger partial charge in [-0.3, -0.25) is 38.9 Å². The molecule has 4 aliphatic rings. The fourth-order valence-electron chi connectivity index (χ4n) is 10.6. The molecule has 7 heterocycles. The van der Waals surface area contributed by atoms with Crippen LogP contribution in [0.2, 0.25) is 0 Å². The number of carbonyl (C=O) groups excluding carboxylic acids is 5. The zero-order valence-corrected chi connectivity index (χ0v) is 44.0. The number of nitrogens with zero attached hydrogens (tertiary/aromatic N) is 7. The molecule has 0 saturated carbocycles. The molecule has 404 valence electrons. The van der Waals surface area contributed by atoms with Crippen LogP contribution in [-0.2, 0) is 52.8 Å². The van der Waals surface area contributed by atoms with Gasteiger partial charge in [0.1, 0.15) is 36.6 Å². The summed E-state index contributed by atoms with van der Waals surface area (Å²) in [5.41, 5.74) is 1.76. The molecule has 5 atom stereocenters. The number of likely N-dealkylation sites (N-methyl/N-ethyl adjacent to an activating group) is 1. The molecule has 3 fully saturated rings. The normalized spacial score (nSPS) is 22.4. The maximum Gasteiger partial charge on any atom is 0.406 e. The van der Waals surface area contributed by atoms with Crippen LogP contribution in [0.1, 0.15) is 97.4 Å². The summed E-state index contributed by atoms with van der Waals surface area (Å²) < 4.78 is 79.6. The molecule has 0 radical (unpaired) electrons. The summed E-state index contributed by atoms with van der Waals surface area (Å²) in [6.07, 6.45) is -1.10. The van der Waals surface area contributed by atoms with Crippen LogP contribution in [0.4, 0.5) is 17.6 Å². The van der Waals surface area contributed by atoms with Gasteiger partial charge in [-0.1, -0.05) is 39.7 Å². The SMILES string of the molecule is CO[C@@H](C)c1ncccc1-c1c2c3cc(ccc3n1CC(F)(F)F)-c1coc(n1)C[C@H](NC(=O)C(C(C)C)N(C)C(=O)[C@@]1(F)CCN(C(=O)C#CC(C)(C)N3CCC3)C1)C(=O)N1CCC[C@H](N1)C(=O)OCC(C)(C)C2. The van der Waals surface area contributed by atoms with Gasteiger partial charge in [0.15, 0.2) is 5.89 Å². The minimum Gasteiger partial charge on any atom is -0.464 e. The molecule has 0 aliphatic carbocycles. The predicted octanol–water partition coefficient (Wildman–Crippen LogP) is 6.19. The molecule has 8 rings (SSSR count). The van der Waals surface area contributed by atoms with Gasteiger partial charge in [0.05, 0.1) is 42.6 Å². The third kappa shape index (κ3) is 11.7. The Morgan fingerprint density at radius 1 is 1.07 bits per heavy atom. The summed E-state index contributed by atoms with van der Waals surface area (Å²) >= 11 is 0. The maximum atomic E-state index is 16.8. The predicted molar refractivity (Wildman–Crippen MR) is 269 cm³/mol. The Morgan fingerprint density at radius 3 is 2.49 bits per heavy atom. The van der Waals surface area contributed by atoms with Crippen LogP contribution in [0.15, 0.2) is 47.2 Å². The molecule has 3 aromatic heterocycles. The Balaban J connectivity index is 1.13. The number of hydrogen-bond donors (Lipinski definition) is 2. The first-order valence-corrected chi connectivity index (χ1v) is 25.5. The van der Waals surface area contributed by atoms with Crippen LogP contribution >= 0.6 is 0 Å². The molecule has 4 amide bonds. The number of fused-ring (bicyclic) bond motifs is 6. The molecule has 17 nitrogen and oxygen atoms in total. The van der Waals surface area contributed by atoms with E-state index in [1.54, 1.807) is 57.3 Å². The van der Waals surface area contributed by atoms with Gasteiger partial charge in [-0.15, -0.1) is 0 Å². The highest BCUT2D eigenvalue weighted by Gasteiger charge is 2.50.